The van der Waals surface area contributed by atoms with Crippen molar-refractivity contribution in [1.82, 2.24) is 5.43 Å². The molecule has 1 N–H and O–H groups in total. The maximum Gasteiger partial charge on any atom is 0.271 e. The van der Waals surface area contributed by atoms with E-state index in [1.165, 1.54) is 0 Å². The number of carbonyl (C=O) groups excluding carboxylic acids is 1. The summed E-state index contributed by atoms with van der Waals surface area (Å²) in [5.41, 5.74) is 6.03. The Morgan fingerprint density at radius 3 is 2.24 bits per heavy atom. The van der Waals surface area contributed by atoms with Crippen LogP contribution in [0.2, 0.25) is 0 Å². The van der Waals surface area contributed by atoms with Crippen LogP contribution in [0, 0.1) is 29.6 Å². The molecule has 3 aromatic rings. The minimum atomic E-state index is -0.369. The number of nitriles is 2. The van der Waals surface area contributed by atoms with Crippen LogP contribution in [0.5, 0.6) is 5.75 Å². The normalized spacial score (nSPS) is 11.0. The molecule has 0 aliphatic rings. The molecule has 186 valence electrons. The largest absolute Gasteiger partial charge is 0.497 e. The molecule has 0 aromatic heterocycles. The lowest BCUT2D eigenvalue weighted by Crippen LogP contribution is -2.25. The molecule has 0 aliphatic carbocycles. The Balaban J connectivity index is 1.93. The third kappa shape index (κ3) is 7.74. The number of azo groups is 1. The van der Waals surface area contributed by atoms with E-state index in [2.05, 4.69) is 32.9 Å². The highest BCUT2D eigenvalue weighted by molar-refractivity contribution is 6.02. The molecule has 9 heteroatoms. The first-order valence-electron chi connectivity index (χ1n) is 11.6. The first-order valence-corrected chi connectivity index (χ1v) is 11.6. The quantitative estimate of drug-likeness (QED) is 0.172. The Morgan fingerprint density at radius 1 is 0.973 bits per heavy atom. The first kappa shape index (κ1) is 26.6. The molecule has 1 amide bonds. The molecule has 37 heavy (non-hydrogen) atoms. The van der Waals surface area contributed by atoms with Crippen molar-refractivity contribution in [3.8, 4) is 17.9 Å². The highest BCUT2D eigenvalue weighted by Crippen LogP contribution is 2.23. The number of aryl methyl sites for hydroxylation is 1. The van der Waals surface area contributed by atoms with Crippen molar-refractivity contribution in [2.45, 2.75) is 19.8 Å². The average Bonchev–Trinajstić information content (AvgIpc) is 2.94. The van der Waals surface area contributed by atoms with Gasteiger partial charge >= 0.3 is 0 Å². The van der Waals surface area contributed by atoms with Gasteiger partial charge in [-0.2, -0.15) is 10.5 Å². The van der Waals surface area contributed by atoms with Gasteiger partial charge in [0.05, 0.1) is 37.8 Å². The van der Waals surface area contributed by atoms with Crippen molar-refractivity contribution in [1.29, 1.82) is 10.5 Å². The lowest BCUT2D eigenvalue weighted by atomic mass is 10.1. The summed E-state index contributed by atoms with van der Waals surface area (Å²) in [7, 11) is 1.59. The van der Waals surface area contributed by atoms with Gasteiger partial charge in [-0.15, -0.1) is 15.3 Å². The summed E-state index contributed by atoms with van der Waals surface area (Å²) in [4.78, 5) is 14.6. The van der Waals surface area contributed by atoms with Crippen LogP contribution < -0.4 is 15.1 Å². The maximum atomic E-state index is 12.6. The fourth-order valence-corrected chi connectivity index (χ4v) is 3.48. The molecule has 0 spiro atoms. The number of amidine groups is 1. The monoisotopic (exact) mass is 493 g/mol. The molecular formula is C28H27N7O2. The lowest BCUT2D eigenvalue weighted by Gasteiger charge is -2.23. The van der Waals surface area contributed by atoms with E-state index >= 15 is 0 Å². The van der Waals surface area contributed by atoms with Crippen molar-refractivity contribution in [3.05, 3.63) is 89.5 Å². The molecule has 3 aromatic carbocycles. The Bertz CT molecular complexity index is 1320. The van der Waals surface area contributed by atoms with Crippen molar-refractivity contribution >= 4 is 23.1 Å². The number of hydrazone groups is 1. The van der Waals surface area contributed by atoms with Crippen LogP contribution in [0.4, 0.5) is 11.4 Å². The number of nitrogens with one attached hydrogen (secondary N) is 1. The van der Waals surface area contributed by atoms with E-state index in [4.69, 9.17) is 15.3 Å². The van der Waals surface area contributed by atoms with Gasteiger partial charge in [-0.1, -0.05) is 18.2 Å². The molecule has 0 unspecified atom stereocenters. The van der Waals surface area contributed by atoms with Gasteiger partial charge in [0.1, 0.15) is 5.75 Å². The minimum Gasteiger partial charge on any atom is -0.497 e. The number of methoxy groups -OCH3 is 1. The highest BCUT2D eigenvalue weighted by Gasteiger charge is 2.13. The van der Waals surface area contributed by atoms with Crippen LogP contribution >= 0.6 is 0 Å². The average molecular weight is 494 g/mol. The molecule has 0 radical (unpaired) electrons. The number of carbonyl (C=O) groups is 1. The Kier molecular flexibility index (Phi) is 9.89. The van der Waals surface area contributed by atoms with Gasteiger partial charge in [-0.25, -0.2) is 5.43 Å². The van der Waals surface area contributed by atoms with Crippen LogP contribution in [0.3, 0.4) is 0 Å². The van der Waals surface area contributed by atoms with E-state index in [0.29, 0.717) is 48.5 Å². The molecule has 0 atom stereocenters. The fourth-order valence-electron chi connectivity index (χ4n) is 3.48. The maximum absolute atomic E-state index is 12.6. The Hall–Kier alpha value is -5.02. The van der Waals surface area contributed by atoms with Crippen LogP contribution in [0.15, 0.2) is 88.1 Å². The van der Waals surface area contributed by atoms with Crippen LogP contribution in [-0.2, 0) is 0 Å². The van der Waals surface area contributed by atoms with Crippen molar-refractivity contribution in [2.75, 3.05) is 25.1 Å². The predicted molar refractivity (Wildman–Crippen MR) is 142 cm³/mol. The lowest BCUT2D eigenvalue weighted by molar-refractivity contribution is 0.0955. The van der Waals surface area contributed by atoms with Gasteiger partial charge in [0.25, 0.3) is 5.91 Å². The summed E-state index contributed by atoms with van der Waals surface area (Å²) in [6, 6.07) is 25.8. The zero-order valence-electron chi connectivity index (χ0n) is 20.8. The first-order chi connectivity index (χ1) is 18.0. The molecule has 3 rings (SSSR count). The zero-order valence-corrected chi connectivity index (χ0v) is 20.8. The molecule has 0 heterocycles. The van der Waals surface area contributed by atoms with E-state index in [1.54, 1.807) is 55.6 Å². The van der Waals surface area contributed by atoms with Gasteiger partial charge in [0, 0.05) is 29.9 Å². The number of rotatable bonds is 10. The smallest absolute Gasteiger partial charge is 0.271 e. The summed E-state index contributed by atoms with van der Waals surface area (Å²) >= 11 is 0. The van der Waals surface area contributed by atoms with Crippen molar-refractivity contribution < 1.29 is 9.53 Å². The van der Waals surface area contributed by atoms with Crippen molar-refractivity contribution in [2.24, 2.45) is 15.3 Å². The van der Waals surface area contributed by atoms with Crippen LogP contribution in [0.25, 0.3) is 0 Å². The second-order valence-corrected chi connectivity index (χ2v) is 7.94. The molecule has 0 bridgehead atoms. The molecule has 0 saturated heterocycles. The predicted octanol–water partition coefficient (Wildman–Crippen LogP) is 5.51. The Labute approximate surface area is 216 Å². The zero-order chi connectivity index (χ0) is 26.5. The standard InChI is InChI=1S/C28H27N7O2/c1-21-20-24(35(18-6-16-29)19-7-17-30)12-15-26(21)27(32-31-23-10-13-25(37-2)14-11-23)33-34-28(36)22-8-4-3-5-9-22/h3-5,8-15,20H,6-7,18-19H2,1-2H3,(H,34,36)/b32-31?,33-27-. The van der Waals surface area contributed by atoms with Gasteiger partial charge < -0.3 is 9.64 Å². The van der Waals surface area contributed by atoms with Crippen LogP contribution in [0.1, 0.15) is 34.3 Å². The van der Waals surface area contributed by atoms with E-state index in [-0.39, 0.29) is 11.7 Å². The number of hydrogen-bond donors (Lipinski definition) is 1. The van der Waals surface area contributed by atoms with E-state index in [0.717, 1.165) is 11.3 Å². The summed E-state index contributed by atoms with van der Waals surface area (Å²) in [6.07, 6.45) is 0.695. The molecule has 0 aliphatic heterocycles. The topological polar surface area (TPSA) is 126 Å². The molecule has 0 fully saturated rings. The number of ether oxygens (including phenoxy) is 1. The number of amides is 1. The van der Waals surface area contributed by atoms with E-state index < -0.39 is 0 Å². The molecular weight excluding hydrogens is 466 g/mol. The van der Waals surface area contributed by atoms with E-state index in [1.807, 2.05) is 36.1 Å². The fraction of sp³-hybridized carbons (Fsp3) is 0.214. The molecule has 9 nitrogen and oxygen atoms in total. The number of hydrogen-bond acceptors (Lipinski definition) is 7. The Morgan fingerprint density at radius 2 is 1.65 bits per heavy atom. The van der Waals surface area contributed by atoms with Crippen molar-refractivity contribution in [3.63, 3.8) is 0 Å². The number of anilines is 1. The number of nitrogens with zero attached hydrogens (tertiary/aromatic N) is 6. The second kappa shape index (κ2) is 13.8. The van der Waals surface area contributed by atoms with Gasteiger partial charge in [-0.05, 0) is 67.1 Å². The van der Waals surface area contributed by atoms with Gasteiger partial charge in [0.15, 0.2) is 0 Å². The highest BCUT2D eigenvalue weighted by atomic mass is 16.5. The minimum absolute atomic E-state index is 0.227. The molecule has 0 saturated carbocycles. The van der Waals surface area contributed by atoms with Gasteiger partial charge in [0.2, 0.25) is 5.84 Å². The van der Waals surface area contributed by atoms with Gasteiger partial charge in [-0.3, -0.25) is 4.79 Å². The third-order valence-corrected chi connectivity index (χ3v) is 5.44. The summed E-state index contributed by atoms with van der Waals surface area (Å²) in [5.74, 6) is 0.558. The summed E-state index contributed by atoms with van der Waals surface area (Å²) in [6.45, 7) is 2.94. The summed E-state index contributed by atoms with van der Waals surface area (Å²) in [5, 5.41) is 30.9. The second-order valence-electron chi connectivity index (χ2n) is 7.94. The van der Waals surface area contributed by atoms with E-state index in [9.17, 15) is 4.79 Å². The SMILES string of the molecule is COc1ccc(N=N/C(=N\NC(=O)c2ccccc2)c2ccc(N(CCC#N)CCC#N)cc2C)cc1. The summed E-state index contributed by atoms with van der Waals surface area (Å²) < 4.78 is 5.18. The van der Waals surface area contributed by atoms with Crippen LogP contribution in [-0.4, -0.2) is 31.9 Å². The third-order valence-electron chi connectivity index (χ3n) is 5.44. The number of benzene rings is 3.